The second-order valence-electron chi connectivity index (χ2n) is 5.26. The highest BCUT2D eigenvalue weighted by atomic mass is 35.5. The van der Waals surface area contributed by atoms with Gasteiger partial charge in [0.1, 0.15) is 0 Å². The summed E-state index contributed by atoms with van der Waals surface area (Å²) in [6.45, 7) is 3.37. The summed E-state index contributed by atoms with van der Waals surface area (Å²) in [5.41, 5.74) is 0.648. The van der Waals surface area contributed by atoms with E-state index in [4.69, 9.17) is 11.6 Å². The Morgan fingerprint density at radius 1 is 1.28 bits per heavy atom. The number of nitrogens with zero attached hydrogens (tertiary/aromatic N) is 1. The third-order valence-corrected chi connectivity index (χ3v) is 3.87. The Labute approximate surface area is 114 Å². The molecule has 0 bridgehead atoms. The molecule has 0 atom stereocenters. The minimum atomic E-state index is -0.543. The van der Waals surface area contributed by atoms with Gasteiger partial charge in [0.2, 0.25) is 0 Å². The van der Waals surface area contributed by atoms with Gasteiger partial charge in [-0.3, -0.25) is 0 Å². The molecule has 0 radical (unpaired) electrons. The third kappa shape index (κ3) is 3.95. The fourth-order valence-corrected chi connectivity index (χ4v) is 2.38. The zero-order valence-electron chi connectivity index (χ0n) is 10.8. The van der Waals surface area contributed by atoms with E-state index < -0.39 is 5.60 Å². The van der Waals surface area contributed by atoms with Gasteiger partial charge in [0, 0.05) is 31.2 Å². The fraction of sp³-hybridized carbons (Fsp3) is 0.571. The number of likely N-dealkylation sites (tertiary alicyclic amines) is 1. The van der Waals surface area contributed by atoms with Gasteiger partial charge in [-0.1, -0.05) is 23.7 Å². The molecule has 2 N–H and O–H groups in total. The maximum Gasteiger partial charge on any atom is 0.0796 e. The van der Waals surface area contributed by atoms with Gasteiger partial charge in [-0.05, 0) is 37.6 Å². The monoisotopic (exact) mass is 268 g/mol. The molecule has 1 fully saturated rings. The SMILES string of the molecule is CN1CCC(O)(CNCc2ccc(Cl)cc2)CC1. The van der Waals surface area contributed by atoms with Crippen molar-refractivity contribution in [2.45, 2.75) is 25.0 Å². The quantitative estimate of drug-likeness (QED) is 0.875. The van der Waals surface area contributed by atoms with Crippen LogP contribution in [-0.2, 0) is 6.54 Å². The summed E-state index contributed by atoms with van der Waals surface area (Å²) in [7, 11) is 2.10. The second-order valence-corrected chi connectivity index (χ2v) is 5.69. The maximum atomic E-state index is 10.4. The Kier molecular flexibility index (Phi) is 4.62. The van der Waals surface area contributed by atoms with Crippen molar-refractivity contribution < 1.29 is 5.11 Å². The highest BCUT2D eigenvalue weighted by molar-refractivity contribution is 6.30. The van der Waals surface area contributed by atoms with E-state index in [1.807, 2.05) is 24.3 Å². The van der Waals surface area contributed by atoms with Crippen LogP contribution in [-0.4, -0.2) is 42.3 Å². The lowest BCUT2D eigenvalue weighted by molar-refractivity contribution is -0.0145. The molecule has 1 aromatic carbocycles. The Morgan fingerprint density at radius 3 is 2.50 bits per heavy atom. The van der Waals surface area contributed by atoms with Crippen LogP contribution in [0.3, 0.4) is 0 Å². The Balaban J connectivity index is 1.76. The average Bonchev–Trinajstić information content (AvgIpc) is 2.36. The van der Waals surface area contributed by atoms with Crippen LogP contribution in [0.5, 0.6) is 0 Å². The second kappa shape index (κ2) is 6.02. The van der Waals surface area contributed by atoms with E-state index in [-0.39, 0.29) is 0 Å². The number of hydrogen-bond donors (Lipinski definition) is 2. The smallest absolute Gasteiger partial charge is 0.0796 e. The van der Waals surface area contributed by atoms with Crippen molar-refractivity contribution in [3.63, 3.8) is 0 Å². The maximum absolute atomic E-state index is 10.4. The van der Waals surface area contributed by atoms with E-state index in [0.29, 0.717) is 6.54 Å². The Morgan fingerprint density at radius 2 is 1.89 bits per heavy atom. The first-order chi connectivity index (χ1) is 8.57. The standard InChI is InChI=1S/C14H21ClN2O/c1-17-8-6-14(18,7-9-17)11-16-10-12-2-4-13(15)5-3-12/h2-5,16,18H,6-11H2,1H3. The van der Waals surface area contributed by atoms with Crippen LogP contribution >= 0.6 is 11.6 Å². The predicted molar refractivity (Wildman–Crippen MR) is 74.8 cm³/mol. The molecule has 3 nitrogen and oxygen atoms in total. The zero-order chi connectivity index (χ0) is 13.0. The van der Waals surface area contributed by atoms with Crippen LogP contribution in [0.25, 0.3) is 0 Å². The van der Waals surface area contributed by atoms with Crippen molar-refractivity contribution in [1.29, 1.82) is 0 Å². The van der Waals surface area contributed by atoms with Crippen LogP contribution in [0.4, 0.5) is 0 Å². The molecule has 1 heterocycles. The van der Waals surface area contributed by atoms with Gasteiger partial charge >= 0.3 is 0 Å². The number of benzene rings is 1. The van der Waals surface area contributed by atoms with Crippen molar-refractivity contribution in [1.82, 2.24) is 10.2 Å². The van der Waals surface area contributed by atoms with Gasteiger partial charge in [0.25, 0.3) is 0 Å². The van der Waals surface area contributed by atoms with E-state index in [1.165, 1.54) is 5.56 Å². The summed E-state index contributed by atoms with van der Waals surface area (Å²) in [6, 6.07) is 7.80. The summed E-state index contributed by atoms with van der Waals surface area (Å²) in [6.07, 6.45) is 1.69. The highest BCUT2D eigenvalue weighted by Gasteiger charge is 2.30. The summed E-state index contributed by atoms with van der Waals surface area (Å²) < 4.78 is 0. The van der Waals surface area contributed by atoms with Crippen LogP contribution in [0, 0.1) is 0 Å². The summed E-state index contributed by atoms with van der Waals surface area (Å²) in [5.74, 6) is 0. The van der Waals surface area contributed by atoms with Gasteiger partial charge < -0.3 is 15.3 Å². The zero-order valence-corrected chi connectivity index (χ0v) is 11.6. The van der Waals surface area contributed by atoms with E-state index in [9.17, 15) is 5.11 Å². The molecule has 1 aliphatic rings. The van der Waals surface area contributed by atoms with Gasteiger partial charge in [0.15, 0.2) is 0 Å². The minimum absolute atomic E-state index is 0.543. The molecule has 0 aliphatic carbocycles. The third-order valence-electron chi connectivity index (χ3n) is 3.61. The molecule has 2 rings (SSSR count). The van der Waals surface area contributed by atoms with Crippen molar-refractivity contribution in [2.75, 3.05) is 26.7 Å². The number of hydrogen-bond acceptors (Lipinski definition) is 3. The first-order valence-electron chi connectivity index (χ1n) is 6.43. The van der Waals surface area contributed by atoms with Gasteiger partial charge in [0.05, 0.1) is 5.60 Å². The summed E-state index contributed by atoms with van der Waals surface area (Å²) >= 11 is 5.84. The molecule has 4 heteroatoms. The van der Waals surface area contributed by atoms with Crippen molar-refractivity contribution >= 4 is 11.6 Å². The lowest BCUT2D eigenvalue weighted by Crippen LogP contribution is -2.48. The molecule has 1 aliphatic heterocycles. The molecule has 0 unspecified atom stereocenters. The largest absolute Gasteiger partial charge is 0.388 e. The lowest BCUT2D eigenvalue weighted by atomic mass is 9.91. The van der Waals surface area contributed by atoms with E-state index in [2.05, 4.69) is 17.3 Å². The fourth-order valence-electron chi connectivity index (χ4n) is 2.25. The molecular formula is C14H21ClN2O. The molecular weight excluding hydrogens is 248 g/mol. The first kappa shape index (κ1) is 13.8. The van der Waals surface area contributed by atoms with E-state index >= 15 is 0 Å². The highest BCUT2D eigenvalue weighted by Crippen LogP contribution is 2.20. The molecule has 0 saturated carbocycles. The molecule has 18 heavy (non-hydrogen) atoms. The Hall–Kier alpha value is -0.610. The van der Waals surface area contributed by atoms with Crippen LogP contribution in [0.1, 0.15) is 18.4 Å². The number of aliphatic hydroxyl groups is 1. The number of piperidine rings is 1. The molecule has 0 aromatic heterocycles. The van der Waals surface area contributed by atoms with Crippen molar-refractivity contribution in [3.05, 3.63) is 34.9 Å². The van der Waals surface area contributed by atoms with E-state index in [1.54, 1.807) is 0 Å². The molecule has 0 amide bonds. The predicted octanol–water partition coefficient (Wildman–Crippen LogP) is 1.89. The van der Waals surface area contributed by atoms with Crippen molar-refractivity contribution in [3.8, 4) is 0 Å². The Bertz CT molecular complexity index is 372. The van der Waals surface area contributed by atoms with E-state index in [0.717, 1.165) is 37.5 Å². The normalized spacial score (nSPS) is 19.9. The van der Waals surface area contributed by atoms with Gasteiger partial charge in [-0.25, -0.2) is 0 Å². The number of halogens is 1. The first-order valence-corrected chi connectivity index (χ1v) is 6.81. The summed E-state index contributed by atoms with van der Waals surface area (Å²) in [5, 5.41) is 14.5. The molecule has 100 valence electrons. The molecule has 1 aromatic rings. The van der Waals surface area contributed by atoms with Crippen molar-refractivity contribution in [2.24, 2.45) is 0 Å². The number of rotatable bonds is 4. The topological polar surface area (TPSA) is 35.5 Å². The average molecular weight is 269 g/mol. The minimum Gasteiger partial charge on any atom is -0.388 e. The lowest BCUT2D eigenvalue weighted by Gasteiger charge is -2.36. The molecule has 0 spiro atoms. The number of nitrogens with one attached hydrogen (secondary N) is 1. The van der Waals surface area contributed by atoms with Crippen LogP contribution in [0.2, 0.25) is 5.02 Å². The van der Waals surface area contributed by atoms with Gasteiger partial charge in [-0.15, -0.1) is 0 Å². The molecule has 1 saturated heterocycles. The van der Waals surface area contributed by atoms with Gasteiger partial charge in [-0.2, -0.15) is 0 Å². The summed E-state index contributed by atoms with van der Waals surface area (Å²) in [4.78, 5) is 2.26. The van der Waals surface area contributed by atoms with Crippen LogP contribution < -0.4 is 5.32 Å². The van der Waals surface area contributed by atoms with Crippen LogP contribution in [0.15, 0.2) is 24.3 Å².